The summed E-state index contributed by atoms with van der Waals surface area (Å²) in [6.07, 6.45) is 8.00. The van der Waals surface area contributed by atoms with E-state index in [1.165, 1.54) is 7.05 Å². The summed E-state index contributed by atoms with van der Waals surface area (Å²) in [6.45, 7) is 0.321. The molecule has 7 heteroatoms. The molecule has 2 aliphatic carbocycles. The van der Waals surface area contributed by atoms with Gasteiger partial charge < -0.3 is 9.47 Å². The van der Waals surface area contributed by atoms with Gasteiger partial charge in [0.25, 0.3) is 0 Å². The van der Waals surface area contributed by atoms with E-state index in [1.54, 1.807) is 24.4 Å². The maximum atomic E-state index is 12.1. The molecule has 2 aliphatic rings. The van der Waals surface area contributed by atoms with Crippen LogP contribution < -0.4 is 9.46 Å². The molecule has 3 aromatic rings. The molecule has 1 heterocycles. The second kappa shape index (κ2) is 8.31. The maximum Gasteiger partial charge on any atom is 0.240 e. The summed E-state index contributed by atoms with van der Waals surface area (Å²) >= 11 is 0. The quantitative estimate of drug-likeness (QED) is 0.523. The normalized spacial score (nSPS) is 17.2. The monoisotopic (exact) mass is 450 g/mol. The smallest absolute Gasteiger partial charge is 0.240 e. The van der Waals surface area contributed by atoms with Crippen molar-refractivity contribution in [1.29, 1.82) is 0 Å². The van der Waals surface area contributed by atoms with Crippen LogP contribution in [0.15, 0.2) is 71.9 Å². The van der Waals surface area contributed by atoms with E-state index in [0.29, 0.717) is 12.7 Å². The van der Waals surface area contributed by atoms with Crippen LogP contribution in [-0.4, -0.2) is 26.6 Å². The predicted molar refractivity (Wildman–Crippen MR) is 122 cm³/mol. The number of nitrogens with one attached hydrogen (secondary N) is 1. The molecule has 0 aliphatic heterocycles. The molecule has 0 bridgehead atoms. The first-order valence-corrected chi connectivity index (χ1v) is 12.4. The van der Waals surface area contributed by atoms with Gasteiger partial charge >= 0.3 is 0 Å². The lowest BCUT2D eigenvalue weighted by atomic mass is 9.96. The Balaban J connectivity index is 1.42. The molecule has 6 nitrogen and oxygen atoms in total. The van der Waals surface area contributed by atoms with E-state index in [0.717, 1.165) is 53.7 Å². The second-order valence-corrected chi connectivity index (χ2v) is 10.3. The molecule has 5 rings (SSSR count). The highest BCUT2D eigenvalue weighted by Gasteiger charge is 2.47. The molecule has 2 saturated carbocycles. The summed E-state index contributed by atoms with van der Waals surface area (Å²) in [6, 6.07) is 17.0. The van der Waals surface area contributed by atoms with Gasteiger partial charge in [-0.25, -0.2) is 13.1 Å². The van der Waals surface area contributed by atoms with Crippen molar-refractivity contribution in [2.24, 2.45) is 0 Å². The molecule has 2 aromatic carbocycles. The molecule has 2 fully saturated rings. The number of nitrogens with zero attached hydrogens (tertiary/aromatic N) is 1. The van der Waals surface area contributed by atoms with E-state index < -0.39 is 15.6 Å². The van der Waals surface area contributed by atoms with Gasteiger partial charge in [-0.05, 0) is 68.1 Å². The Morgan fingerprint density at radius 3 is 2.62 bits per heavy atom. The first kappa shape index (κ1) is 21.1. The molecule has 0 radical (unpaired) electrons. The summed E-state index contributed by atoms with van der Waals surface area (Å²) in [4.78, 5) is 4.62. The highest BCUT2D eigenvalue weighted by atomic mass is 32.2. The minimum absolute atomic E-state index is 0.235. The van der Waals surface area contributed by atoms with Gasteiger partial charge in [-0.2, -0.15) is 0 Å². The van der Waals surface area contributed by atoms with Crippen LogP contribution in [0.4, 0.5) is 0 Å². The lowest BCUT2D eigenvalue weighted by molar-refractivity contribution is 0.0172. The van der Waals surface area contributed by atoms with E-state index in [9.17, 15) is 8.42 Å². The van der Waals surface area contributed by atoms with Gasteiger partial charge in [0.15, 0.2) is 0 Å². The number of pyridine rings is 1. The van der Waals surface area contributed by atoms with Crippen molar-refractivity contribution in [3.63, 3.8) is 0 Å². The third-order valence-corrected chi connectivity index (χ3v) is 7.42. The van der Waals surface area contributed by atoms with Gasteiger partial charge in [0.05, 0.1) is 23.2 Å². The van der Waals surface area contributed by atoms with E-state index in [2.05, 4.69) is 15.8 Å². The molecule has 32 heavy (non-hydrogen) atoms. The number of benzene rings is 2. The van der Waals surface area contributed by atoms with Crippen LogP contribution in [-0.2, 0) is 27.0 Å². The van der Waals surface area contributed by atoms with Gasteiger partial charge in [-0.1, -0.05) is 30.3 Å². The molecular weight excluding hydrogens is 424 g/mol. The number of hydrogen-bond donors (Lipinski definition) is 1. The number of ether oxygens (including phenoxy) is 2. The summed E-state index contributed by atoms with van der Waals surface area (Å²) in [5, 5.41) is 0. The van der Waals surface area contributed by atoms with Crippen LogP contribution in [0.1, 0.15) is 36.8 Å². The van der Waals surface area contributed by atoms with Gasteiger partial charge in [-0.3, -0.25) is 4.98 Å². The average molecular weight is 451 g/mol. The van der Waals surface area contributed by atoms with Crippen molar-refractivity contribution in [3.8, 4) is 16.9 Å². The number of para-hydroxylation sites is 1. The van der Waals surface area contributed by atoms with Crippen LogP contribution in [0.2, 0.25) is 0 Å². The SMILES string of the molecule is CNS(=O)(=O)c1cccc(COC2(c3cnccc3-c3ccccc3OC3CC3)CC2)c1. The Kier molecular flexibility index (Phi) is 5.49. The Morgan fingerprint density at radius 1 is 1.06 bits per heavy atom. The fourth-order valence-electron chi connectivity index (χ4n) is 3.90. The van der Waals surface area contributed by atoms with Crippen LogP contribution in [0.5, 0.6) is 5.75 Å². The summed E-state index contributed by atoms with van der Waals surface area (Å²) < 4.78 is 39.2. The van der Waals surface area contributed by atoms with E-state index >= 15 is 0 Å². The highest BCUT2D eigenvalue weighted by molar-refractivity contribution is 7.89. The van der Waals surface area contributed by atoms with Crippen LogP contribution >= 0.6 is 0 Å². The fourth-order valence-corrected chi connectivity index (χ4v) is 4.70. The van der Waals surface area contributed by atoms with Gasteiger partial charge in [-0.15, -0.1) is 0 Å². The van der Waals surface area contributed by atoms with E-state index in [-0.39, 0.29) is 4.90 Å². The summed E-state index contributed by atoms with van der Waals surface area (Å²) in [5.74, 6) is 0.892. The number of hydrogen-bond acceptors (Lipinski definition) is 5. The predicted octanol–water partition coefficient (Wildman–Crippen LogP) is 4.40. The lowest BCUT2D eigenvalue weighted by Gasteiger charge is -2.21. The van der Waals surface area contributed by atoms with Crippen molar-refractivity contribution >= 4 is 10.0 Å². The Bertz CT molecular complexity index is 1230. The van der Waals surface area contributed by atoms with Crippen molar-refractivity contribution in [2.75, 3.05) is 7.05 Å². The van der Waals surface area contributed by atoms with Crippen molar-refractivity contribution < 1.29 is 17.9 Å². The third-order valence-electron chi connectivity index (χ3n) is 6.00. The molecule has 0 unspecified atom stereocenters. The Morgan fingerprint density at radius 2 is 1.88 bits per heavy atom. The first-order valence-electron chi connectivity index (χ1n) is 10.9. The first-order chi connectivity index (χ1) is 15.5. The topological polar surface area (TPSA) is 77.5 Å². The zero-order valence-corrected chi connectivity index (χ0v) is 18.8. The number of aromatic nitrogens is 1. The van der Waals surface area contributed by atoms with Gasteiger partial charge in [0, 0.05) is 23.5 Å². The van der Waals surface area contributed by atoms with Crippen LogP contribution in [0.3, 0.4) is 0 Å². The molecule has 0 atom stereocenters. The molecule has 1 N–H and O–H groups in total. The minimum atomic E-state index is -3.49. The standard InChI is InChI=1S/C25H26N2O4S/c1-26-32(28,29)20-6-4-5-18(15-20)17-30-25(12-13-25)23-16-27-14-11-21(23)22-7-2-3-8-24(22)31-19-9-10-19/h2-8,11,14-16,19,26H,9-10,12-13,17H2,1H3. The van der Waals surface area contributed by atoms with E-state index in [1.807, 2.05) is 36.5 Å². The highest BCUT2D eigenvalue weighted by Crippen LogP contribution is 2.53. The lowest BCUT2D eigenvalue weighted by Crippen LogP contribution is -2.19. The van der Waals surface area contributed by atoms with Crippen molar-refractivity contribution in [2.45, 2.75) is 48.9 Å². The number of rotatable bonds is 9. The van der Waals surface area contributed by atoms with Crippen molar-refractivity contribution in [3.05, 3.63) is 78.1 Å². The minimum Gasteiger partial charge on any atom is -0.490 e. The number of sulfonamides is 1. The third kappa shape index (κ3) is 4.28. The summed E-state index contributed by atoms with van der Waals surface area (Å²) in [5.41, 5.74) is 3.56. The molecular formula is C25H26N2O4S. The fraction of sp³-hybridized carbons (Fsp3) is 0.320. The van der Waals surface area contributed by atoms with Gasteiger partial charge in [0.2, 0.25) is 10.0 Å². The Hall–Kier alpha value is -2.74. The maximum absolute atomic E-state index is 12.1. The van der Waals surface area contributed by atoms with Gasteiger partial charge in [0.1, 0.15) is 5.75 Å². The second-order valence-electron chi connectivity index (χ2n) is 8.37. The molecule has 1 aromatic heterocycles. The van der Waals surface area contributed by atoms with Crippen molar-refractivity contribution in [1.82, 2.24) is 9.71 Å². The Labute approximate surface area is 188 Å². The molecule has 0 spiro atoms. The van der Waals surface area contributed by atoms with Crippen LogP contribution in [0.25, 0.3) is 11.1 Å². The average Bonchev–Trinajstić information content (AvgIpc) is 3.75. The molecule has 0 amide bonds. The largest absolute Gasteiger partial charge is 0.490 e. The molecule has 166 valence electrons. The van der Waals surface area contributed by atoms with Crippen LogP contribution in [0, 0.1) is 0 Å². The molecule has 0 saturated heterocycles. The zero-order valence-electron chi connectivity index (χ0n) is 18.0. The zero-order chi connectivity index (χ0) is 22.2. The van der Waals surface area contributed by atoms with E-state index in [4.69, 9.17) is 9.47 Å². The summed E-state index contributed by atoms with van der Waals surface area (Å²) in [7, 11) is -2.08.